The molecule has 0 spiro atoms. The molecular weight excluding hydrogens is 500 g/mol. The number of H-pyrrole nitrogens is 1. The van der Waals surface area contributed by atoms with Gasteiger partial charge in [-0.05, 0) is 78.0 Å². The maximum absolute atomic E-state index is 6.33. The van der Waals surface area contributed by atoms with E-state index < -0.39 is 0 Å². The molecule has 1 aliphatic rings. The first-order valence-electron chi connectivity index (χ1n) is 13.0. The number of fused-ring (bicyclic) bond motifs is 1. The van der Waals surface area contributed by atoms with Gasteiger partial charge < -0.3 is 24.7 Å². The predicted molar refractivity (Wildman–Crippen MR) is 157 cm³/mol. The molecule has 0 unspecified atom stereocenters. The van der Waals surface area contributed by atoms with Crippen LogP contribution in [0.5, 0.6) is 5.75 Å². The summed E-state index contributed by atoms with van der Waals surface area (Å²) in [5.41, 5.74) is 4.42. The molecule has 0 bridgehead atoms. The van der Waals surface area contributed by atoms with E-state index in [1.54, 1.807) is 11.9 Å². The van der Waals surface area contributed by atoms with Gasteiger partial charge in [0.15, 0.2) is 0 Å². The lowest BCUT2D eigenvalue weighted by Gasteiger charge is -2.28. The Morgan fingerprint density at radius 2 is 1.78 bits per heavy atom. The van der Waals surface area contributed by atoms with Crippen molar-refractivity contribution in [1.29, 1.82) is 0 Å². The molecule has 2 heterocycles. The first kappa shape index (κ1) is 26.0. The summed E-state index contributed by atoms with van der Waals surface area (Å²) in [6.07, 6.45) is 3.15. The molecule has 37 heavy (non-hydrogen) atoms. The maximum Gasteiger partial charge on any atom is 0.119 e. The molecule has 0 amide bonds. The lowest BCUT2D eigenvalue weighted by Crippen LogP contribution is -2.43. The second-order valence-electron chi connectivity index (χ2n) is 10.0. The van der Waals surface area contributed by atoms with Gasteiger partial charge >= 0.3 is 0 Å². The maximum atomic E-state index is 6.33. The zero-order chi connectivity index (χ0) is 25.7. The summed E-state index contributed by atoms with van der Waals surface area (Å²) in [6, 6.07) is 22.9. The van der Waals surface area contributed by atoms with Crippen LogP contribution in [0.25, 0.3) is 10.9 Å². The molecule has 4 aromatic rings. The minimum absolute atomic E-state index is 0.227. The van der Waals surface area contributed by atoms with E-state index in [0.717, 1.165) is 78.0 Å². The number of hydrogen-bond donors (Lipinski definition) is 3. The Balaban J connectivity index is 1.20. The Bertz CT molecular complexity index is 1310. The van der Waals surface area contributed by atoms with Gasteiger partial charge in [-0.15, -0.1) is 0 Å². The number of aromatic nitrogens is 1. The van der Waals surface area contributed by atoms with E-state index in [1.807, 2.05) is 18.2 Å². The summed E-state index contributed by atoms with van der Waals surface area (Å²) in [4.78, 5) is 7.04. The molecule has 3 aromatic carbocycles. The van der Waals surface area contributed by atoms with Crippen LogP contribution < -0.4 is 14.8 Å². The van der Waals surface area contributed by atoms with E-state index in [0.29, 0.717) is 0 Å². The monoisotopic (exact) mass is 534 g/mol. The average Bonchev–Trinajstić information content (AvgIpc) is 3.35. The van der Waals surface area contributed by atoms with Crippen LogP contribution in [0.15, 0.2) is 77.8 Å². The van der Waals surface area contributed by atoms with Gasteiger partial charge in [0, 0.05) is 70.8 Å². The van der Waals surface area contributed by atoms with Crippen LogP contribution in [0.3, 0.4) is 0 Å². The molecule has 7 heteroatoms. The fourth-order valence-corrected chi connectivity index (χ4v) is 5.85. The lowest BCUT2D eigenvalue weighted by atomic mass is 9.77. The summed E-state index contributed by atoms with van der Waals surface area (Å²) >= 11 is 7.94. The zero-order valence-electron chi connectivity index (χ0n) is 21.5. The van der Waals surface area contributed by atoms with Crippen molar-refractivity contribution in [2.24, 2.45) is 0 Å². The van der Waals surface area contributed by atoms with Crippen molar-refractivity contribution in [3.05, 3.63) is 89.1 Å². The van der Waals surface area contributed by atoms with Gasteiger partial charge in [0.2, 0.25) is 0 Å². The van der Waals surface area contributed by atoms with Crippen LogP contribution in [0.1, 0.15) is 31.4 Å². The zero-order valence-corrected chi connectivity index (χ0v) is 23.1. The molecular formula is C30H35ClN4OS. The van der Waals surface area contributed by atoms with E-state index in [9.17, 15) is 0 Å². The summed E-state index contributed by atoms with van der Waals surface area (Å²) in [6.45, 7) is 10.8. The van der Waals surface area contributed by atoms with Gasteiger partial charge in [-0.25, -0.2) is 0 Å². The quantitative estimate of drug-likeness (QED) is 0.152. The van der Waals surface area contributed by atoms with Crippen molar-refractivity contribution in [2.45, 2.75) is 30.6 Å². The third-order valence-electron chi connectivity index (χ3n) is 7.12. The molecule has 1 saturated heterocycles. The summed E-state index contributed by atoms with van der Waals surface area (Å²) in [7, 11) is 0. The topological polar surface area (TPSA) is 52.3 Å². The molecule has 1 aromatic heterocycles. The molecule has 0 atom stereocenters. The number of para-hydroxylation sites is 1. The highest BCUT2D eigenvalue weighted by atomic mass is 35.5. The highest BCUT2D eigenvalue weighted by Gasteiger charge is 2.28. The van der Waals surface area contributed by atoms with Crippen LogP contribution >= 0.6 is 23.5 Å². The van der Waals surface area contributed by atoms with Crippen molar-refractivity contribution in [1.82, 2.24) is 15.2 Å². The van der Waals surface area contributed by atoms with Gasteiger partial charge in [0.25, 0.3) is 0 Å². The number of ether oxygens (including phenoxy) is 1. The number of aromatic amines is 1. The number of halogens is 1. The Morgan fingerprint density at radius 1 is 1.00 bits per heavy atom. The van der Waals surface area contributed by atoms with Crippen LogP contribution in [0, 0.1) is 0 Å². The van der Waals surface area contributed by atoms with E-state index in [-0.39, 0.29) is 5.41 Å². The fraction of sp³-hybridized carbons (Fsp3) is 0.333. The number of piperazine rings is 1. The number of anilines is 1. The third kappa shape index (κ3) is 6.27. The minimum atomic E-state index is -0.227. The molecule has 0 saturated carbocycles. The molecule has 1 fully saturated rings. The number of hydrogen-bond acceptors (Lipinski definition) is 5. The first-order chi connectivity index (χ1) is 18.0. The number of nitrogens with zero attached hydrogens (tertiary/aromatic N) is 1. The van der Waals surface area contributed by atoms with Crippen molar-refractivity contribution in [3.8, 4) is 5.75 Å². The normalized spacial score (nSPS) is 14.7. The van der Waals surface area contributed by atoms with Crippen molar-refractivity contribution in [2.75, 3.05) is 44.1 Å². The molecule has 0 aliphatic carbocycles. The van der Waals surface area contributed by atoms with Crippen LogP contribution in [0.4, 0.5) is 5.69 Å². The van der Waals surface area contributed by atoms with E-state index in [2.05, 4.69) is 88.5 Å². The van der Waals surface area contributed by atoms with Gasteiger partial charge in [-0.1, -0.05) is 43.6 Å². The van der Waals surface area contributed by atoms with Crippen LogP contribution in [-0.4, -0.2) is 49.2 Å². The summed E-state index contributed by atoms with van der Waals surface area (Å²) in [5.74, 6) is 0.921. The Kier molecular flexibility index (Phi) is 8.30. The predicted octanol–water partition coefficient (Wildman–Crippen LogP) is 6.94. The highest BCUT2D eigenvalue weighted by Crippen LogP contribution is 2.41. The fourth-order valence-electron chi connectivity index (χ4n) is 5.00. The van der Waals surface area contributed by atoms with Crippen molar-refractivity contribution >= 4 is 40.1 Å². The third-order valence-corrected chi connectivity index (χ3v) is 8.18. The Hall–Kier alpha value is -2.64. The summed E-state index contributed by atoms with van der Waals surface area (Å²) < 4.78 is 9.57. The van der Waals surface area contributed by atoms with Gasteiger partial charge in [-0.3, -0.25) is 0 Å². The average molecular weight is 535 g/mol. The molecule has 1 aliphatic heterocycles. The largest absolute Gasteiger partial charge is 0.494 e. The summed E-state index contributed by atoms with van der Waals surface area (Å²) in [5, 5.41) is 5.30. The Morgan fingerprint density at radius 3 is 2.59 bits per heavy atom. The van der Waals surface area contributed by atoms with E-state index in [4.69, 9.17) is 16.3 Å². The van der Waals surface area contributed by atoms with Crippen molar-refractivity contribution < 1.29 is 4.74 Å². The standard InChI is InChI=1S/C30H35ClN4OS/c1-30(2,27-21-33-28-13-8-22(31)20-25(27)28)26-6-3-4-7-29(26)34-37-24-11-9-23(10-12-24)36-19-5-16-35-17-14-32-15-18-35/h3-4,6-13,20-21,32-34H,5,14-19H2,1-2H3. The molecule has 5 rings (SSSR count). The SMILES string of the molecule is CC(C)(c1ccccc1NSc1ccc(OCCCN2CCNCC2)cc1)c1c[nH]c2ccc(Cl)cc12. The Labute approximate surface area is 229 Å². The van der Waals surface area contributed by atoms with Gasteiger partial charge in [0.05, 0.1) is 6.61 Å². The number of rotatable bonds is 10. The first-order valence-corrected chi connectivity index (χ1v) is 14.2. The van der Waals surface area contributed by atoms with Crippen LogP contribution in [-0.2, 0) is 5.41 Å². The number of benzene rings is 3. The van der Waals surface area contributed by atoms with Crippen LogP contribution in [0.2, 0.25) is 5.02 Å². The molecule has 5 nitrogen and oxygen atoms in total. The smallest absolute Gasteiger partial charge is 0.119 e. The van der Waals surface area contributed by atoms with Gasteiger partial charge in [0.1, 0.15) is 5.75 Å². The second kappa shape index (κ2) is 11.8. The van der Waals surface area contributed by atoms with E-state index >= 15 is 0 Å². The number of nitrogens with one attached hydrogen (secondary N) is 3. The lowest BCUT2D eigenvalue weighted by molar-refractivity contribution is 0.214. The van der Waals surface area contributed by atoms with Gasteiger partial charge in [-0.2, -0.15) is 0 Å². The van der Waals surface area contributed by atoms with E-state index in [1.165, 1.54) is 11.1 Å². The van der Waals surface area contributed by atoms with Crippen molar-refractivity contribution in [3.63, 3.8) is 0 Å². The molecule has 194 valence electrons. The second-order valence-corrected chi connectivity index (χ2v) is 11.3. The minimum Gasteiger partial charge on any atom is -0.494 e. The molecule has 3 N–H and O–H groups in total. The highest BCUT2D eigenvalue weighted by molar-refractivity contribution is 8.00. The molecule has 0 radical (unpaired) electrons.